The van der Waals surface area contributed by atoms with Crippen LogP contribution in [0.15, 0.2) is 70.9 Å². The molecule has 43 heavy (non-hydrogen) atoms. The van der Waals surface area contributed by atoms with E-state index in [0.29, 0.717) is 13.0 Å². The second kappa shape index (κ2) is 25.3. The Morgan fingerprint density at radius 2 is 1.37 bits per heavy atom. The van der Waals surface area contributed by atoms with E-state index in [4.69, 9.17) is 4.74 Å². The van der Waals surface area contributed by atoms with Crippen molar-refractivity contribution in [3.8, 4) is 0 Å². The Bertz CT molecular complexity index is 921. The standard InChI is InChI=1S/C41H68O2/c1-7-8-9-10-11-12-13-14-15-16-17-18-19-20-21-22-23-24-30-40(42)43-35-33-37(3)28-25-27-36(2)31-32-39-38(4)29-26-34-41(39,5)6/h15-16,25,27-28,31-33H,7-14,17-24,26,29-30,34-35H2,1-6H3/b16-15-,28-25+,32-31+,36-27+,37-33+. The number of ether oxygens (including phenoxy) is 1. The molecule has 0 saturated heterocycles. The van der Waals surface area contributed by atoms with Gasteiger partial charge in [0.15, 0.2) is 0 Å². The first-order chi connectivity index (χ1) is 20.8. The van der Waals surface area contributed by atoms with Gasteiger partial charge in [-0.1, -0.05) is 151 Å². The summed E-state index contributed by atoms with van der Waals surface area (Å²) >= 11 is 0. The van der Waals surface area contributed by atoms with E-state index in [1.165, 1.54) is 126 Å². The number of unbranched alkanes of at least 4 members (excludes halogenated alkanes) is 14. The van der Waals surface area contributed by atoms with Gasteiger partial charge in [-0.3, -0.25) is 4.79 Å². The summed E-state index contributed by atoms with van der Waals surface area (Å²) < 4.78 is 5.42. The molecule has 0 N–H and O–H groups in total. The first kappa shape index (κ1) is 38.9. The molecule has 2 heteroatoms. The van der Waals surface area contributed by atoms with Gasteiger partial charge < -0.3 is 4.74 Å². The van der Waals surface area contributed by atoms with Crippen LogP contribution in [0.25, 0.3) is 0 Å². The van der Waals surface area contributed by atoms with Crippen LogP contribution >= 0.6 is 0 Å². The fourth-order valence-electron chi connectivity index (χ4n) is 5.91. The van der Waals surface area contributed by atoms with Crippen LogP contribution in [0.3, 0.4) is 0 Å². The Morgan fingerprint density at radius 1 is 0.791 bits per heavy atom. The largest absolute Gasteiger partial charge is 0.461 e. The van der Waals surface area contributed by atoms with Crippen molar-refractivity contribution in [2.75, 3.05) is 6.61 Å². The second-order valence-electron chi connectivity index (χ2n) is 13.6. The number of carbonyl (C=O) groups excluding carboxylic acids is 1. The molecule has 0 fully saturated rings. The number of hydrogen-bond acceptors (Lipinski definition) is 2. The summed E-state index contributed by atoms with van der Waals surface area (Å²) in [6, 6.07) is 0. The minimum Gasteiger partial charge on any atom is -0.461 e. The van der Waals surface area contributed by atoms with Crippen molar-refractivity contribution in [2.45, 2.75) is 170 Å². The molecular formula is C41H68O2. The first-order valence-corrected chi connectivity index (χ1v) is 18.0. The van der Waals surface area contributed by atoms with E-state index >= 15 is 0 Å². The third kappa shape index (κ3) is 21.3. The summed E-state index contributed by atoms with van der Waals surface area (Å²) in [6.07, 6.45) is 42.7. The van der Waals surface area contributed by atoms with Crippen molar-refractivity contribution in [3.63, 3.8) is 0 Å². The summed E-state index contributed by atoms with van der Waals surface area (Å²) in [5.41, 5.74) is 5.64. The lowest BCUT2D eigenvalue weighted by molar-refractivity contribution is -0.142. The maximum Gasteiger partial charge on any atom is 0.306 e. The van der Waals surface area contributed by atoms with Crippen LogP contribution in [0.4, 0.5) is 0 Å². The molecule has 0 unspecified atom stereocenters. The molecule has 0 amide bonds. The Kier molecular flexibility index (Phi) is 22.9. The van der Waals surface area contributed by atoms with E-state index in [1.54, 1.807) is 0 Å². The molecular weight excluding hydrogens is 524 g/mol. The Balaban J connectivity index is 2.04. The molecule has 2 nitrogen and oxygen atoms in total. The third-order valence-corrected chi connectivity index (χ3v) is 8.82. The lowest BCUT2D eigenvalue weighted by Crippen LogP contribution is -2.19. The smallest absolute Gasteiger partial charge is 0.306 e. The highest BCUT2D eigenvalue weighted by molar-refractivity contribution is 5.69. The molecule has 1 rings (SSSR count). The van der Waals surface area contributed by atoms with Gasteiger partial charge in [0.05, 0.1) is 0 Å². The van der Waals surface area contributed by atoms with Gasteiger partial charge in [-0.15, -0.1) is 0 Å². The topological polar surface area (TPSA) is 26.3 Å². The number of hydrogen-bond donors (Lipinski definition) is 0. The maximum absolute atomic E-state index is 12.1. The molecule has 244 valence electrons. The molecule has 0 saturated carbocycles. The summed E-state index contributed by atoms with van der Waals surface area (Å²) in [5.74, 6) is -0.0765. The molecule has 0 radical (unpaired) electrons. The fraction of sp³-hybridized carbons (Fsp3) is 0.683. The van der Waals surface area contributed by atoms with Crippen molar-refractivity contribution in [3.05, 3.63) is 70.9 Å². The Hall–Kier alpha value is -2.09. The predicted molar refractivity (Wildman–Crippen MR) is 190 cm³/mol. The zero-order chi connectivity index (χ0) is 31.6. The molecule has 0 aromatic rings. The number of allylic oxidation sites excluding steroid dienone is 11. The van der Waals surface area contributed by atoms with Gasteiger partial charge >= 0.3 is 5.97 Å². The molecule has 0 atom stereocenters. The maximum atomic E-state index is 12.1. The van der Waals surface area contributed by atoms with E-state index in [9.17, 15) is 4.79 Å². The fourth-order valence-corrected chi connectivity index (χ4v) is 5.91. The molecule has 0 bridgehead atoms. The summed E-state index contributed by atoms with van der Waals surface area (Å²) in [6.45, 7) is 13.8. The van der Waals surface area contributed by atoms with Crippen molar-refractivity contribution in [1.82, 2.24) is 0 Å². The van der Waals surface area contributed by atoms with Crippen LogP contribution in [0.5, 0.6) is 0 Å². The highest BCUT2D eigenvalue weighted by Crippen LogP contribution is 2.40. The average Bonchev–Trinajstić information content (AvgIpc) is 2.96. The minimum absolute atomic E-state index is 0.0765. The van der Waals surface area contributed by atoms with Gasteiger partial charge in [0.1, 0.15) is 6.61 Å². The van der Waals surface area contributed by atoms with Crippen molar-refractivity contribution < 1.29 is 9.53 Å². The summed E-state index contributed by atoms with van der Waals surface area (Å²) in [4.78, 5) is 12.1. The minimum atomic E-state index is -0.0765. The highest BCUT2D eigenvalue weighted by Gasteiger charge is 2.26. The van der Waals surface area contributed by atoms with Gasteiger partial charge in [-0.25, -0.2) is 0 Å². The number of rotatable bonds is 24. The summed E-state index contributed by atoms with van der Waals surface area (Å²) in [7, 11) is 0. The Labute approximate surface area is 267 Å². The van der Waals surface area contributed by atoms with Crippen LogP contribution in [0, 0.1) is 5.41 Å². The van der Waals surface area contributed by atoms with E-state index in [2.05, 4.69) is 84.1 Å². The zero-order valence-corrected chi connectivity index (χ0v) is 29.3. The molecule has 0 aromatic heterocycles. The molecule has 0 aliphatic heterocycles. The van der Waals surface area contributed by atoms with Crippen LogP contribution in [-0.2, 0) is 9.53 Å². The first-order valence-electron chi connectivity index (χ1n) is 18.0. The van der Waals surface area contributed by atoms with Crippen LogP contribution in [0.1, 0.15) is 170 Å². The van der Waals surface area contributed by atoms with Crippen molar-refractivity contribution >= 4 is 5.97 Å². The van der Waals surface area contributed by atoms with Gasteiger partial charge in [-0.05, 0) is 89.2 Å². The number of carbonyl (C=O) groups is 1. The molecule has 0 spiro atoms. The molecule has 1 aliphatic rings. The monoisotopic (exact) mass is 593 g/mol. The van der Waals surface area contributed by atoms with Crippen LogP contribution in [-0.4, -0.2) is 12.6 Å². The summed E-state index contributed by atoms with van der Waals surface area (Å²) in [5, 5.41) is 0. The second-order valence-corrected chi connectivity index (χ2v) is 13.6. The SMILES string of the molecule is CCCCCCCCC/C=C\CCCCCCCCCC(=O)OC/C=C(C)/C=C/C=C(C)/C=C/C1=C(C)CCCC1(C)C. The quantitative estimate of drug-likeness (QED) is 0.0482. The predicted octanol–water partition coefficient (Wildman–Crippen LogP) is 13.3. The lowest BCUT2D eigenvalue weighted by atomic mass is 9.72. The molecule has 0 heterocycles. The van der Waals surface area contributed by atoms with E-state index in [1.807, 2.05) is 6.08 Å². The number of esters is 1. The lowest BCUT2D eigenvalue weighted by Gasteiger charge is -2.32. The van der Waals surface area contributed by atoms with Gasteiger partial charge in [0.25, 0.3) is 0 Å². The zero-order valence-electron chi connectivity index (χ0n) is 29.3. The van der Waals surface area contributed by atoms with E-state index in [-0.39, 0.29) is 11.4 Å². The molecule has 1 aliphatic carbocycles. The van der Waals surface area contributed by atoms with E-state index in [0.717, 1.165) is 18.4 Å². The highest BCUT2D eigenvalue weighted by atomic mass is 16.5. The van der Waals surface area contributed by atoms with Gasteiger partial charge in [-0.2, -0.15) is 0 Å². The third-order valence-electron chi connectivity index (χ3n) is 8.82. The van der Waals surface area contributed by atoms with Crippen molar-refractivity contribution in [2.24, 2.45) is 5.41 Å². The molecule has 0 aromatic carbocycles. The van der Waals surface area contributed by atoms with E-state index < -0.39 is 0 Å². The normalized spacial score (nSPS) is 16.3. The van der Waals surface area contributed by atoms with Gasteiger partial charge in [0, 0.05) is 6.42 Å². The van der Waals surface area contributed by atoms with Crippen molar-refractivity contribution in [1.29, 1.82) is 0 Å². The van der Waals surface area contributed by atoms with Crippen LogP contribution in [0.2, 0.25) is 0 Å². The van der Waals surface area contributed by atoms with Crippen LogP contribution < -0.4 is 0 Å². The Morgan fingerprint density at radius 3 is 1.98 bits per heavy atom. The average molecular weight is 593 g/mol. The van der Waals surface area contributed by atoms with Gasteiger partial charge in [0.2, 0.25) is 0 Å².